The van der Waals surface area contributed by atoms with Gasteiger partial charge in [0.05, 0.1) is 31.6 Å². The van der Waals surface area contributed by atoms with Crippen molar-refractivity contribution in [2.24, 2.45) is 5.92 Å². The van der Waals surface area contributed by atoms with E-state index in [0.29, 0.717) is 45.3 Å². The number of ether oxygens (including phenoxy) is 2. The molecule has 9 nitrogen and oxygen atoms in total. The maximum atomic E-state index is 13.0. The molecule has 168 valence electrons. The second-order valence-electron chi connectivity index (χ2n) is 7.55. The molecule has 0 saturated heterocycles. The first-order valence-electron chi connectivity index (χ1n) is 10.0. The Kier molecular flexibility index (Phi) is 6.83. The number of aliphatic hydroxyl groups is 1. The number of pyridine rings is 2. The fourth-order valence-electron chi connectivity index (χ4n) is 3.63. The minimum Gasteiger partial charge on any atom is -0.494 e. The van der Waals surface area contributed by atoms with Gasteiger partial charge in [0, 0.05) is 23.0 Å². The van der Waals surface area contributed by atoms with Gasteiger partial charge in [-0.3, -0.25) is 15.1 Å². The van der Waals surface area contributed by atoms with Crippen LogP contribution in [0.4, 0.5) is 5.13 Å². The van der Waals surface area contributed by atoms with Crippen molar-refractivity contribution in [2.75, 3.05) is 19.0 Å². The predicted molar refractivity (Wildman–Crippen MR) is 120 cm³/mol. The van der Waals surface area contributed by atoms with Crippen molar-refractivity contribution in [2.45, 2.75) is 32.3 Å². The van der Waals surface area contributed by atoms with E-state index in [1.165, 1.54) is 19.5 Å². The first-order valence-corrected chi connectivity index (χ1v) is 11.2. The first kappa shape index (κ1) is 22.4. The van der Waals surface area contributed by atoms with Gasteiger partial charge in [-0.05, 0) is 55.6 Å². The molecule has 0 bridgehead atoms. The molecule has 2 atom stereocenters. The van der Waals surface area contributed by atoms with Gasteiger partial charge in [-0.2, -0.15) is 0 Å². The molecule has 3 aromatic rings. The molecule has 0 unspecified atom stereocenters. The molecule has 1 amide bonds. The number of carbonyl (C=O) groups is 1. The molecule has 11 heteroatoms. The van der Waals surface area contributed by atoms with E-state index in [9.17, 15) is 9.90 Å². The van der Waals surface area contributed by atoms with Gasteiger partial charge in [0.1, 0.15) is 10.9 Å². The Morgan fingerprint density at radius 1 is 1.25 bits per heavy atom. The summed E-state index contributed by atoms with van der Waals surface area (Å²) in [5, 5.41) is 21.3. The number of hydrogen-bond acceptors (Lipinski definition) is 9. The maximum absolute atomic E-state index is 13.0. The van der Waals surface area contributed by atoms with Crippen LogP contribution < -0.4 is 14.8 Å². The number of aliphatic hydroxyl groups excluding tert-OH is 1. The fraction of sp³-hybridized carbons (Fsp3) is 0.381. The molecule has 4 rings (SSSR count). The van der Waals surface area contributed by atoms with Gasteiger partial charge >= 0.3 is 0 Å². The molecule has 32 heavy (non-hydrogen) atoms. The normalized spacial score (nSPS) is 17.9. The van der Waals surface area contributed by atoms with Crippen LogP contribution >= 0.6 is 22.9 Å². The van der Waals surface area contributed by atoms with E-state index in [2.05, 4.69) is 25.5 Å². The lowest BCUT2D eigenvalue weighted by Crippen LogP contribution is -2.14. The molecule has 2 N–H and O–H groups in total. The third-order valence-corrected chi connectivity index (χ3v) is 6.17. The third kappa shape index (κ3) is 5.14. The summed E-state index contributed by atoms with van der Waals surface area (Å²) in [4.78, 5) is 21.3. The molecule has 3 heterocycles. The number of halogens is 1. The van der Waals surface area contributed by atoms with Crippen molar-refractivity contribution in [3.05, 3.63) is 40.9 Å². The average molecular weight is 476 g/mol. The van der Waals surface area contributed by atoms with Crippen LogP contribution in [-0.2, 0) is 0 Å². The molecule has 0 aromatic carbocycles. The highest BCUT2D eigenvalue weighted by Gasteiger charge is 2.24. The van der Waals surface area contributed by atoms with E-state index >= 15 is 0 Å². The molecule has 3 aromatic heterocycles. The van der Waals surface area contributed by atoms with Crippen LogP contribution in [0.3, 0.4) is 0 Å². The molecule has 1 aliphatic rings. The van der Waals surface area contributed by atoms with Gasteiger partial charge in [-0.1, -0.05) is 16.7 Å². The smallest absolute Gasteiger partial charge is 0.295 e. The van der Waals surface area contributed by atoms with E-state index in [1.54, 1.807) is 12.1 Å². The fourth-order valence-corrected chi connectivity index (χ4v) is 4.38. The highest BCUT2D eigenvalue weighted by atomic mass is 35.5. The van der Waals surface area contributed by atoms with Crippen LogP contribution in [0.5, 0.6) is 10.9 Å². The standard InChI is InChI=1S/C21H22ClN5O4S/c1-11-5-14(15-7-18(22)24-9-17(15)30-2)16(8-23-11)19(29)25-20-26-27-21(32-20)31-10-12-3-4-13(28)6-12/h5,7-9,12-13,28H,3-4,6,10H2,1-2H3,(H,25,26,29)/t12-,13-/m0/s1. The van der Waals surface area contributed by atoms with Gasteiger partial charge in [0.2, 0.25) is 5.13 Å². The summed E-state index contributed by atoms with van der Waals surface area (Å²) >= 11 is 7.23. The Labute approximate surface area is 193 Å². The number of carbonyl (C=O) groups excluding carboxylic acids is 1. The Morgan fingerprint density at radius 3 is 2.84 bits per heavy atom. The van der Waals surface area contributed by atoms with Gasteiger partial charge in [0.25, 0.3) is 11.1 Å². The van der Waals surface area contributed by atoms with Crippen LogP contribution in [0.15, 0.2) is 24.5 Å². The van der Waals surface area contributed by atoms with E-state index < -0.39 is 5.91 Å². The average Bonchev–Trinajstić information content (AvgIpc) is 3.40. The number of nitrogens with one attached hydrogen (secondary N) is 1. The largest absolute Gasteiger partial charge is 0.494 e. The van der Waals surface area contributed by atoms with Crippen molar-refractivity contribution < 1.29 is 19.4 Å². The molecular formula is C21H22ClN5O4S. The number of rotatable bonds is 7. The Morgan fingerprint density at radius 2 is 2.09 bits per heavy atom. The number of methoxy groups -OCH3 is 1. The van der Waals surface area contributed by atoms with Crippen LogP contribution in [-0.4, -0.2) is 51.0 Å². The maximum Gasteiger partial charge on any atom is 0.295 e. The number of anilines is 1. The lowest BCUT2D eigenvalue weighted by molar-refractivity contribution is 0.102. The molecular weight excluding hydrogens is 454 g/mol. The van der Waals surface area contributed by atoms with E-state index in [0.717, 1.165) is 36.3 Å². The van der Waals surface area contributed by atoms with Crippen molar-refractivity contribution in [3.8, 4) is 22.1 Å². The monoisotopic (exact) mass is 475 g/mol. The first-order chi connectivity index (χ1) is 15.4. The van der Waals surface area contributed by atoms with Gasteiger partial charge in [0.15, 0.2) is 0 Å². The van der Waals surface area contributed by atoms with Crippen LogP contribution in [0.1, 0.15) is 35.3 Å². The summed E-state index contributed by atoms with van der Waals surface area (Å²) < 4.78 is 11.1. The Balaban J connectivity index is 1.51. The van der Waals surface area contributed by atoms with E-state index in [4.69, 9.17) is 21.1 Å². The van der Waals surface area contributed by atoms with Gasteiger partial charge in [-0.15, -0.1) is 5.10 Å². The topological polar surface area (TPSA) is 119 Å². The Bertz CT molecular complexity index is 1130. The minimum absolute atomic E-state index is 0.251. The van der Waals surface area contributed by atoms with Crippen LogP contribution in [0.2, 0.25) is 5.15 Å². The number of aryl methyl sites for hydroxylation is 1. The van der Waals surface area contributed by atoms with Gasteiger partial charge in [-0.25, -0.2) is 4.98 Å². The molecule has 1 aliphatic carbocycles. The quantitative estimate of drug-likeness (QED) is 0.496. The van der Waals surface area contributed by atoms with Crippen LogP contribution in [0.25, 0.3) is 11.1 Å². The summed E-state index contributed by atoms with van der Waals surface area (Å²) in [7, 11) is 1.53. The number of amides is 1. The third-order valence-electron chi connectivity index (χ3n) is 5.21. The van der Waals surface area contributed by atoms with Crippen molar-refractivity contribution in [1.29, 1.82) is 0 Å². The van der Waals surface area contributed by atoms with Gasteiger partial charge < -0.3 is 14.6 Å². The van der Waals surface area contributed by atoms with Crippen molar-refractivity contribution in [1.82, 2.24) is 20.2 Å². The summed E-state index contributed by atoms with van der Waals surface area (Å²) in [6.07, 6.45) is 5.21. The molecule has 0 spiro atoms. The molecule has 1 saturated carbocycles. The highest BCUT2D eigenvalue weighted by Crippen LogP contribution is 2.34. The lowest BCUT2D eigenvalue weighted by Gasteiger charge is -2.13. The zero-order chi connectivity index (χ0) is 22.7. The second-order valence-corrected chi connectivity index (χ2v) is 8.88. The summed E-state index contributed by atoms with van der Waals surface area (Å²) in [6.45, 7) is 2.30. The number of hydrogen-bond donors (Lipinski definition) is 2. The highest BCUT2D eigenvalue weighted by molar-refractivity contribution is 7.17. The van der Waals surface area contributed by atoms with E-state index in [-0.39, 0.29) is 11.3 Å². The van der Waals surface area contributed by atoms with Crippen LogP contribution in [0, 0.1) is 12.8 Å². The lowest BCUT2D eigenvalue weighted by atomic mass is 10.0. The molecule has 0 aliphatic heterocycles. The van der Waals surface area contributed by atoms with Crippen molar-refractivity contribution >= 4 is 34.0 Å². The van der Waals surface area contributed by atoms with Crippen molar-refractivity contribution in [3.63, 3.8) is 0 Å². The summed E-state index contributed by atoms with van der Waals surface area (Å²) in [5.74, 6) is 0.386. The Hall–Kier alpha value is -2.82. The summed E-state index contributed by atoms with van der Waals surface area (Å²) in [5.41, 5.74) is 2.30. The predicted octanol–water partition coefficient (Wildman–Crippen LogP) is 3.76. The SMILES string of the molecule is COc1cnc(Cl)cc1-c1cc(C)ncc1C(=O)Nc1nnc(OC[C@H]2CC[C@H](O)C2)s1. The van der Waals surface area contributed by atoms with E-state index in [1.807, 2.05) is 6.92 Å². The minimum atomic E-state index is -0.399. The molecule has 1 fully saturated rings. The molecule has 0 radical (unpaired) electrons. The number of aromatic nitrogens is 4. The number of nitrogens with zero attached hydrogens (tertiary/aromatic N) is 4. The summed E-state index contributed by atoms with van der Waals surface area (Å²) in [6, 6.07) is 3.43. The zero-order valence-corrected chi connectivity index (χ0v) is 19.1. The zero-order valence-electron chi connectivity index (χ0n) is 17.5. The second kappa shape index (κ2) is 9.76.